The van der Waals surface area contributed by atoms with Crippen molar-refractivity contribution in [1.82, 2.24) is 10.2 Å². The zero-order valence-electron chi connectivity index (χ0n) is 13.6. The summed E-state index contributed by atoms with van der Waals surface area (Å²) >= 11 is 0. The lowest BCUT2D eigenvalue weighted by molar-refractivity contribution is 0.133. The molecule has 1 atom stereocenters. The minimum atomic E-state index is 0.779. The molecule has 1 N–H and O–H groups in total. The summed E-state index contributed by atoms with van der Waals surface area (Å²) in [4.78, 5) is 5.33. The van der Waals surface area contributed by atoms with Crippen molar-refractivity contribution in [1.29, 1.82) is 0 Å². The second-order valence-corrected chi connectivity index (χ2v) is 6.54. The Morgan fingerprint density at radius 2 is 2.10 bits per heavy atom. The van der Waals surface area contributed by atoms with Crippen molar-refractivity contribution in [3.05, 3.63) is 29.3 Å². The molecule has 2 aliphatic heterocycles. The molecule has 0 amide bonds. The first-order valence-electron chi connectivity index (χ1n) is 8.57. The lowest BCUT2D eigenvalue weighted by atomic mass is 9.98. The minimum absolute atomic E-state index is 0.779. The van der Waals surface area contributed by atoms with E-state index in [4.69, 9.17) is 0 Å². The molecule has 1 aromatic rings. The van der Waals surface area contributed by atoms with Crippen molar-refractivity contribution in [2.75, 3.05) is 37.6 Å². The molecule has 21 heavy (non-hydrogen) atoms. The first-order chi connectivity index (χ1) is 10.3. The van der Waals surface area contributed by atoms with E-state index >= 15 is 0 Å². The summed E-state index contributed by atoms with van der Waals surface area (Å²) in [5.74, 6) is 0. The van der Waals surface area contributed by atoms with E-state index in [-0.39, 0.29) is 0 Å². The second kappa shape index (κ2) is 6.80. The lowest BCUT2D eigenvalue weighted by Gasteiger charge is -2.45. The Labute approximate surface area is 129 Å². The summed E-state index contributed by atoms with van der Waals surface area (Å²) in [6.07, 6.45) is 4.19. The molecule has 2 saturated heterocycles. The van der Waals surface area contributed by atoms with Gasteiger partial charge in [0.05, 0.1) is 0 Å². The van der Waals surface area contributed by atoms with Gasteiger partial charge in [0.1, 0.15) is 0 Å². The number of hydrogen-bond donors (Lipinski definition) is 1. The zero-order valence-corrected chi connectivity index (χ0v) is 13.6. The van der Waals surface area contributed by atoms with Crippen LogP contribution < -0.4 is 10.2 Å². The van der Waals surface area contributed by atoms with Crippen LogP contribution in [0.2, 0.25) is 0 Å². The van der Waals surface area contributed by atoms with E-state index in [1.54, 1.807) is 0 Å². The van der Waals surface area contributed by atoms with Gasteiger partial charge in [0.15, 0.2) is 0 Å². The number of nitrogens with one attached hydrogen (secondary N) is 1. The molecule has 0 aromatic heterocycles. The lowest BCUT2D eigenvalue weighted by Crippen LogP contribution is -2.55. The number of piperazine rings is 1. The molecule has 0 bridgehead atoms. The van der Waals surface area contributed by atoms with E-state index in [1.165, 1.54) is 62.3 Å². The van der Waals surface area contributed by atoms with E-state index in [2.05, 4.69) is 47.2 Å². The maximum atomic E-state index is 3.49. The van der Waals surface area contributed by atoms with Crippen LogP contribution in [0, 0.1) is 6.92 Å². The molecule has 1 unspecified atom stereocenters. The molecular formula is C18H29N3. The van der Waals surface area contributed by atoms with E-state index in [0.717, 1.165) is 19.1 Å². The number of hydrogen-bond acceptors (Lipinski definition) is 3. The fraction of sp³-hybridized carbons (Fsp3) is 0.667. The smallest absolute Gasteiger partial charge is 0.0413 e. The SMILES string of the molecule is CCNCc1cc(C)ccc1N1CCN2CCCCC2C1. The molecule has 116 valence electrons. The Bertz CT molecular complexity index is 472. The molecule has 3 rings (SSSR count). The van der Waals surface area contributed by atoms with Gasteiger partial charge < -0.3 is 10.2 Å². The third-order valence-electron chi connectivity index (χ3n) is 4.98. The molecule has 3 nitrogen and oxygen atoms in total. The topological polar surface area (TPSA) is 18.5 Å². The van der Waals surface area contributed by atoms with Crippen LogP contribution in [0.3, 0.4) is 0 Å². The molecule has 0 spiro atoms. The molecule has 0 radical (unpaired) electrons. The summed E-state index contributed by atoms with van der Waals surface area (Å²) in [6, 6.07) is 7.73. The largest absolute Gasteiger partial charge is 0.368 e. The highest BCUT2D eigenvalue weighted by atomic mass is 15.3. The van der Waals surface area contributed by atoms with Crippen LogP contribution in [0.25, 0.3) is 0 Å². The number of nitrogens with zero attached hydrogens (tertiary/aromatic N) is 2. The average molecular weight is 287 g/mol. The fourth-order valence-corrected chi connectivity index (χ4v) is 3.80. The predicted molar refractivity (Wildman–Crippen MR) is 90.0 cm³/mol. The summed E-state index contributed by atoms with van der Waals surface area (Å²) in [5.41, 5.74) is 4.27. The number of rotatable bonds is 4. The molecule has 0 aliphatic carbocycles. The molecule has 1 aromatic carbocycles. The predicted octanol–water partition coefficient (Wildman–Crippen LogP) is 2.78. The summed E-state index contributed by atoms with van der Waals surface area (Å²) in [7, 11) is 0. The molecule has 2 fully saturated rings. The third-order valence-corrected chi connectivity index (χ3v) is 4.98. The van der Waals surface area contributed by atoms with Gasteiger partial charge in [0, 0.05) is 37.9 Å². The molecule has 0 saturated carbocycles. The number of piperidine rings is 1. The maximum Gasteiger partial charge on any atom is 0.0413 e. The molecule has 2 heterocycles. The summed E-state index contributed by atoms with van der Waals surface area (Å²) in [6.45, 7) is 11.3. The third kappa shape index (κ3) is 3.41. The van der Waals surface area contributed by atoms with Crippen LogP contribution in [0.15, 0.2) is 18.2 Å². The number of benzene rings is 1. The van der Waals surface area contributed by atoms with Gasteiger partial charge in [0.25, 0.3) is 0 Å². The normalized spacial score (nSPS) is 23.1. The maximum absolute atomic E-state index is 3.49. The Hall–Kier alpha value is -1.06. The second-order valence-electron chi connectivity index (χ2n) is 6.54. The van der Waals surface area contributed by atoms with Gasteiger partial charge in [-0.05, 0) is 44.5 Å². The fourth-order valence-electron chi connectivity index (χ4n) is 3.80. The monoisotopic (exact) mass is 287 g/mol. The van der Waals surface area contributed by atoms with Crippen LogP contribution in [0.4, 0.5) is 5.69 Å². The number of anilines is 1. The van der Waals surface area contributed by atoms with E-state index in [0.29, 0.717) is 0 Å². The van der Waals surface area contributed by atoms with Crippen molar-refractivity contribution >= 4 is 5.69 Å². The summed E-state index contributed by atoms with van der Waals surface area (Å²) in [5, 5.41) is 3.49. The van der Waals surface area contributed by atoms with E-state index < -0.39 is 0 Å². The van der Waals surface area contributed by atoms with Gasteiger partial charge in [-0.3, -0.25) is 4.90 Å². The van der Waals surface area contributed by atoms with Gasteiger partial charge in [-0.25, -0.2) is 0 Å². The highest BCUT2D eigenvalue weighted by molar-refractivity contribution is 5.55. The number of fused-ring (bicyclic) bond motifs is 1. The highest BCUT2D eigenvalue weighted by Crippen LogP contribution is 2.28. The highest BCUT2D eigenvalue weighted by Gasteiger charge is 2.29. The Morgan fingerprint density at radius 1 is 1.19 bits per heavy atom. The van der Waals surface area contributed by atoms with Gasteiger partial charge in [-0.2, -0.15) is 0 Å². The van der Waals surface area contributed by atoms with Crippen LogP contribution >= 0.6 is 0 Å². The van der Waals surface area contributed by atoms with Crippen LogP contribution in [0.1, 0.15) is 37.3 Å². The van der Waals surface area contributed by atoms with Crippen LogP contribution in [0.5, 0.6) is 0 Å². The Kier molecular flexibility index (Phi) is 4.81. The van der Waals surface area contributed by atoms with Gasteiger partial charge in [0.2, 0.25) is 0 Å². The van der Waals surface area contributed by atoms with Crippen molar-refractivity contribution < 1.29 is 0 Å². The van der Waals surface area contributed by atoms with E-state index in [9.17, 15) is 0 Å². The Morgan fingerprint density at radius 3 is 2.95 bits per heavy atom. The van der Waals surface area contributed by atoms with Gasteiger partial charge in [-0.1, -0.05) is 31.0 Å². The van der Waals surface area contributed by atoms with Crippen molar-refractivity contribution in [3.8, 4) is 0 Å². The van der Waals surface area contributed by atoms with Crippen molar-refractivity contribution in [3.63, 3.8) is 0 Å². The van der Waals surface area contributed by atoms with Crippen molar-refractivity contribution in [2.45, 2.75) is 45.7 Å². The molecule has 3 heteroatoms. The first kappa shape index (κ1) is 14.9. The molecule has 2 aliphatic rings. The summed E-state index contributed by atoms with van der Waals surface area (Å²) < 4.78 is 0. The minimum Gasteiger partial charge on any atom is -0.368 e. The van der Waals surface area contributed by atoms with Crippen molar-refractivity contribution in [2.24, 2.45) is 0 Å². The zero-order chi connectivity index (χ0) is 14.7. The molecular weight excluding hydrogens is 258 g/mol. The first-order valence-corrected chi connectivity index (χ1v) is 8.57. The number of aryl methyl sites for hydroxylation is 1. The Balaban J connectivity index is 1.76. The van der Waals surface area contributed by atoms with Crippen LogP contribution in [-0.4, -0.2) is 43.7 Å². The average Bonchev–Trinajstić information content (AvgIpc) is 2.52. The van der Waals surface area contributed by atoms with Crippen LogP contribution in [-0.2, 0) is 6.54 Å². The standard InChI is InChI=1S/C18H29N3/c1-3-19-13-16-12-15(2)7-8-18(16)21-11-10-20-9-5-4-6-17(20)14-21/h7-8,12,17,19H,3-6,9-11,13-14H2,1-2H3. The van der Waals surface area contributed by atoms with Gasteiger partial charge in [-0.15, -0.1) is 0 Å². The van der Waals surface area contributed by atoms with E-state index in [1.807, 2.05) is 0 Å². The quantitative estimate of drug-likeness (QED) is 0.918. The van der Waals surface area contributed by atoms with Gasteiger partial charge >= 0.3 is 0 Å².